The molecular formula is C19H18F2N4O. The molecule has 3 N–H and O–H groups in total. The molecule has 1 aliphatic heterocycles. The van der Waals surface area contributed by atoms with Crippen LogP contribution >= 0.6 is 0 Å². The first kappa shape index (κ1) is 16.7. The van der Waals surface area contributed by atoms with Crippen molar-refractivity contribution in [1.29, 1.82) is 0 Å². The van der Waals surface area contributed by atoms with Gasteiger partial charge in [-0.2, -0.15) is 5.10 Å². The number of halogens is 2. The first-order valence-corrected chi connectivity index (χ1v) is 8.41. The number of carbonyl (C=O) groups excluding carboxylic acids is 1. The number of aryl methyl sites for hydroxylation is 1. The first-order chi connectivity index (χ1) is 12.5. The van der Waals surface area contributed by atoms with Crippen molar-refractivity contribution in [3.05, 3.63) is 65.4 Å². The van der Waals surface area contributed by atoms with Crippen LogP contribution < -0.4 is 11.1 Å². The van der Waals surface area contributed by atoms with Crippen molar-refractivity contribution < 1.29 is 13.6 Å². The summed E-state index contributed by atoms with van der Waals surface area (Å²) in [6.07, 6.45) is 5.14. The van der Waals surface area contributed by atoms with Gasteiger partial charge in [-0.05, 0) is 55.7 Å². The maximum absolute atomic E-state index is 13.3. The van der Waals surface area contributed by atoms with E-state index in [1.807, 2.05) is 6.92 Å². The molecule has 26 heavy (non-hydrogen) atoms. The number of carbonyl (C=O) groups is 1. The van der Waals surface area contributed by atoms with Gasteiger partial charge in [-0.3, -0.25) is 4.79 Å². The van der Waals surface area contributed by atoms with E-state index >= 15 is 0 Å². The lowest BCUT2D eigenvalue weighted by molar-refractivity contribution is -0.118. The molecule has 4 rings (SSSR count). The Kier molecular flexibility index (Phi) is 3.96. The molecule has 0 fully saturated rings. The van der Waals surface area contributed by atoms with Crippen LogP contribution in [0.1, 0.15) is 23.6 Å². The predicted octanol–water partition coefficient (Wildman–Crippen LogP) is 3.11. The Labute approximate surface area is 149 Å². The zero-order chi connectivity index (χ0) is 18.4. The van der Waals surface area contributed by atoms with Crippen molar-refractivity contribution in [2.24, 2.45) is 11.7 Å². The van der Waals surface area contributed by atoms with E-state index in [0.717, 1.165) is 11.3 Å². The highest BCUT2D eigenvalue weighted by Gasteiger charge is 2.41. The van der Waals surface area contributed by atoms with Gasteiger partial charge in [0.05, 0.1) is 17.4 Å². The van der Waals surface area contributed by atoms with Crippen LogP contribution in [-0.4, -0.2) is 21.7 Å². The summed E-state index contributed by atoms with van der Waals surface area (Å²) < 4.78 is 28.2. The van der Waals surface area contributed by atoms with E-state index in [1.54, 1.807) is 22.9 Å². The molecule has 134 valence electrons. The van der Waals surface area contributed by atoms with Crippen molar-refractivity contribution in [3.8, 4) is 5.69 Å². The Morgan fingerprint density at radius 3 is 2.65 bits per heavy atom. The molecule has 0 saturated carbocycles. The molecule has 0 radical (unpaired) electrons. The number of nitrogens with one attached hydrogen (secondary N) is 1. The van der Waals surface area contributed by atoms with E-state index in [2.05, 4.69) is 10.4 Å². The van der Waals surface area contributed by atoms with Crippen LogP contribution in [0.2, 0.25) is 0 Å². The second kappa shape index (κ2) is 6.17. The molecule has 1 aromatic carbocycles. The molecule has 0 spiro atoms. The van der Waals surface area contributed by atoms with Crippen LogP contribution in [0.4, 0.5) is 14.6 Å². The van der Waals surface area contributed by atoms with Gasteiger partial charge >= 0.3 is 0 Å². The number of hydrogen-bond donors (Lipinski definition) is 2. The third-order valence-electron chi connectivity index (χ3n) is 4.99. The van der Waals surface area contributed by atoms with Crippen molar-refractivity contribution in [2.45, 2.75) is 25.3 Å². The number of rotatable bonds is 2. The molecule has 3 atom stereocenters. The molecule has 1 amide bonds. The summed E-state index contributed by atoms with van der Waals surface area (Å²) in [7, 11) is 0. The second-order valence-electron chi connectivity index (χ2n) is 6.62. The highest BCUT2D eigenvalue weighted by molar-refractivity contribution is 5.98. The minimum Gasteiger partial charge on any atom is -0.319 e. The molecule has 0 bridgehead atoms. The number of nitrogens with two attached hydrogens (primary N) is 1. The zero-order valence-electron chi connectivity index (χ0n) is 14.1. The largest absolute Gasteiger partial charge is 0.319 e. The number of fused-ring (bicyclic) bond motifs is 1. The van der Waals surface area contributed by atoms with E-state index in [-0.39, 0.29) is 29.4 Å². The summed E-state index contributed by atoms with van der Waals surface area (Å²) in [6.45, 7) is 1.85. The number of amides is 1. The van der Waals surface area contributed by atoms with E-state index < -0.39 is 6.04 Å². The predicted molar refractivity (Wildman–Crippen MR) is 94.0 cm³/mol. The second-order valence-corrected chi connectivity index (χ2v) is 6.62. The number of aromatic nitrogens is 2. The molecule has 5 nitrogen and oxygen atoms in total. The number of anilines is 1. The highest BCUT2D eigenvalue weighted by Crippen LogP contribution is 2.42. The Bertz CT molecular complexity index is 930. The molecular weight excluding hydrogens is 338 g/mol. The maximum Gasteiger partial charge on any atom is 0.243 e. The number of allylic oxidation sites excluding steroid dienone is 4. The summed E-state index contributed by atoms with van der Waals surface area (Å²) in [6, 6.07) is 5.11. The van der Waals surface area contributed by atoms with Crippen LogP contribution in [-0.2, 0) is 4.79 Å². The molecule has 2 aromatic rings. The molecule has 2 aliphatic rings. The summed E-state index contributed by atoms with van der Waals surface area (Å²) in [5.41, 5.74) is 8.40. The summed E-state index contributed by atoms with van der Waals surface area (Å²) >= 11 is 0. The number of hydrogen-bond acceptors (Lipinski definition) is 3. The fourth-order valence-corrected chi connectivity index (χ4v) is 3.73. The molecule has 1 aliphatic carbocycles. The lowest BCUT2D eigenvalue weighted by Crippen LogP contribution is -2.47. The Hall–Kier alpha value is -2.80. The van der Waals surface area contributed by atoms with Crippen LogP contribution in [0.5, 0.6) is 0 Å². The van der Waals surface area contributed by atoms with Gasteiger partial charge in [0.25, 0.3) is 0 Å². The van der Waals surface area contributed by atoms with Crippen molar-refractivity contribution in [2.75, 3.05) is 5.32 Å². The molecule has 1 unspecified atom stereocenters. The van der Waals surface area contributed by atoms with Crippen LogP contribution in [0.3, 0.4) is 0 Å². The van der Waals surface area contributed by atoms with Gasteiger partial charge in [0.15, 0.2) is 0 Å². The van der Waals surface area contributed by atoms with Crippen molar-refractivity contribution >= 4 is 11.7 Å². The Morgan fingerprint density at radius 2 is 2.00 bits per heavy atom. The normalized spacial score (nSPS) is 24.8. The maximum atomic E-state index is 13.3. The smallest absolute Gasteiger partial charge is 0.243 e. The van der Waals surface area contributed by atoms with E-state index in [4.69, 9.17) is 5.73 Å². The van der Waals surface area contributed by atoms with Crippen molar-refractivity contribution in [3.63, 3.8) is 0 Å². The Morgan fingerprint density at radius 1 is 1.27 bits per heavy atom. The van der Waals surface area contributed by atoms with Gasteiger partial charge in [-0.1, -0.05) is 6.08 Å². The molecule has 1 aromatic heterocycles. The van der Waals surface area contributed by atoms with Gasteiger partial charge in [-0.25, -0.2) is 13.5 Å². The minimum atomic E-state index is -0.753. The van der Waals surface area contributed by atoms with E-state index in [1.165, 1.54) is 24.3 Å². The average Bonchev–Trinajstić information content (AvgIpc) is 2.94. The van der Waals surface area contributed by atoms with Gasteiger partial charge < -0.3 is 11.1 Å². The third-order valence-corrected chi connectivity index (χ3v) is 4.99. The van der Waals surface area contributed by atoms with E-state index in [9.17, 15) is 13.6 Å². The standard InChI is InChI=1S/C19H18F2N4O/c1-10-15-16(11-2-4-12(20)5-3-11)17(22)19(26)23-18(15)25(24-10)14-8-6-13(21)7-9-14/h2,4-9,11,16-17H,3,22H2,1H3,(H,23,26)/t11?,16-,17-/m0/s1. The fourth-order valence-electron chi connectivity index (χ4n) is 3.73. The third kappa shape index (κ3) is 2.64. The Balaban J connectivity index is 1.82. The first-order valence-electron chi connectivity index (χ1n) is 8.41. The van der Waals surface area contributed by atoms with Crippen LogP contribution in [0.25, 0.3) is 5.69 Å². The average molecular weight is 356 g/mol. The SMILES string of the molecule is Cc1nn(-c2ccc(F)cc2)c2c1[C@H](C1C=CC(F)=CC1)[C@H](N)C(=O)N2. The van der Waals surface area contributed by atoms with Gasteiger partial charge in [0.1, 0.15) is 17.5 Å². The van der Waals surface area contributed by atoms with E-state index in [0.29, 0.717) is 17.9 Å². The van der Waals surface area contributed by atoms with Gasteiger partial charge in [0, 0.05) is 11.5 Å². The molecule has 0 saturated heterocycles. The van der Waals surface area contributed by atoms with Gasteiger partial charge in [0.2, 0.25) is 5.91 Å². The number of nitrogens with zero attached hydrogens (tertiary/aromatic N) is 2. The zero-order valence-corrected chi connectivity index (χ0v) is 14.1. The molecule has 2 heterocycles. The monoisotopic (exact) mass is 356 g/mol. The number of benzene rings is 1. The van der Waals surface area contributed by atoms with Gasteiger partial charge in [-0.15, -0.1) is 0 Å². The topological polar surface area (TPSA) is 72.9 Å². The van der Waals surface area contributed by atoms with Crippen LogP contribution in [0, 0.1) is 18.7 Å². The summed E-state index contributed by atoms with van der Waals surface area (Å²) in [5.74, 6) is -0.818. The quantitative estimate of drug-likeness (QED) is 0.868. The molecule has 7 heteroatoms. The lowest BCUT2D eigenvalue weighted by atomic mass is 9.75. The van der Waals surface area contributed by atoms with Crippen LogP contribution in [0.15, 0.2) is 48.3 Å². The van der Waals surface area contributed by atoms with Crippen molar-refractivity contribution in [1.82, 2.24) is 9.78 Å². The highest BCUT2D eigenvalue weighted by atomic mass is 19.1. The summed E-state index contributed by atoms with van der Waals surface area (Å²) in [4.78, 5) is 12.5. The summed E-state index contributed by atoms with van der Waals surface area (Å²) in [5, 5.41) is 7.35. The minimum absolute atomic E-state index is 0.0983. The fraction of sp³-hybridized carbons (Fsp3) is 0.263. The lowest BCUT2D eigenvalue weighted by Gasteiger charge is -2.34.